The topological polar surface area (TPSA) is 65.0 Å². The Morgan fingerprint density at radius 2 is 1.97 bits per heavy atom. The normalized spacial score (nSPS) is 18.4. The maximum Gasteiger partial charge on any atom is 0.306 e. The summed E-state index contributed by atoms with van der Waals surface area (Å²) in [5.74, 6) is 0.991. The maximum absolute atomic E-state index is 14.9. The number of aromatic hydroxyl groups is 1. The average Bonchev–Trinajstić information content (AvgIpc) is 3.42. The smallest absolute Gasteiger partial charge is 0.306 e. The van der Waals surface area contributed by atoms with Crippen molar-refractivity contribution in [1.82, 2.24) is 0 Å². The number of rotatable bonds is 6. The first-order valence-corrected chi connectivity index (χ1v) is 11.1. The highest BCUT2D eigenvalue weighted by Crippen LogP contribution is 2.42. The van der Waals surface area contributed by atoms with Gasteiger partial charge in [-0.05, 0) is 60.2 Å². The lowest BCUT2D eigenvalue weighted by Gasteiger charge is -2.17. The van der Waals surface area contributed by atoms with E-state index in [-0.39, 0.29) is 36.0 Å². The van der Waals surface area contributed by atoms with Crippen LogP contribution in [0.5, 0.6) is 17.2 Å². The molecule has 0 amide bonds. The summed E-state index contributed by atoms with van der Waals surface area (Å²) < 4.78 is 31.6. The molecule has 5 rings (SSSR count). The van der Waals surface area contributed by atoms with E-state index in [4.69, 9.17) is 14.2 Å². The Hall–Kier alpha value is -3.54. The number of fused-ring (bicyclic) bond motifs is 2. The van der Waals surface area contributed by atoms with Crippen molar-refractivity contribution in [2.24, 2.45) is 0 Å². The third-order valence-corrected chi connectivity index (χ3v) is 6.49. The number of phenolic OH excluding ortho intramolecular Hbond substituents is 1. The first-order chi connectivity index (χ1) is 16.0. The molecule has 2 atom stereocenters. The Bertz CT molecular complexity index is 1190. The number of carbonyl (C=O) groups is 1. The minimum Gasteiger partial charge on any atom is -0.508 e. The van der Waals surface area contributed by atoms with Gasteiger partial charge >= 0.3 is 5.97 Å². The van der Waals surface area contributed by atoms with Crippen molar-refractivity contribution in [1.29, 1.82) is 0 Å². The summed E-state index contributed by atoms with van der Waals surface area (Å²) in [6.45, 7) is 0.426. The number of carbonyl (C=O) groups excluding carboxylic acids is 1. The lowest BCUT2D eigenvalue weighted by atomic mass is 9.96. The molecule has 2 aliphatic rings. The predicted molar refractivity (Wildman–Crippen MR) is 120 cm³/mol. The van der Waals surface area contributed by atoms with Crippen LogP contribution in [0.1, 0.15) is 52.7 Å². The van der Waals surface area contributed by atoms with Crippen LogP contribution in [0.3, 0.4) is 0 Å². The Labute approximate surface area is 191 Å². The molecule has 0 saturated heterocycles. The first-order valence-electron chi connectivity index (χ1n) is 11.1. The van der Waals surface area contributed by atoms with Gasteiger partial charge < -0.3 is 19.3 Å². The second-order valence-corrected chi connectivity index (χ2v) is 8.57. The van der Waals surface area contributed by atoms with Gasteiger partial charge in [-0.3, -0.25) is 4.79 Å². The van der Waals surface area contributed by atoms with Crippen LogP contribution < -0.4 is 9.47 Å². The Morgan fingerprint density at radius 1 is 1.15 bits per heavy atom. The maximum atomic E-state index is 14.9. The second kappa shape index (κ2) is 8.77. The summed E-state index contributed by atoms with van der Waals surface area (Å²) in [5, 5.41) is 9.52. The minimum absolute atomic E-state index is 0.0337. The molecule has 3 aromatic rings. The first kappa shape index (κ1) is 21.3. The number of benzene rings is 3. The van der Waals surface area contributed by atoms with Crippen molar-refractivity contribution >= 4 is 5.97 Å². The number of hydrogen-bond acceptors (Lipinski definition) is 5. The predicted octanol–water partition coefficient (Wildman–Crippen LogP) is 5.23. The van der Waals surface area contributed by atoms with E-state index in [1.54, 1.807) is 12.1 Å². The minimum atomic E-state index is -0.370. The fourth-order valence-electron chi connectivity index (χ4n) is 4.81. The van der Waals surface area contributed by atoms with Crippen molar-refractivity contribution < 1.29 is 28.5 Å². The standard InChI is InChI=1S/C27H25FO5/c1-31-26(30)13-18-15-32-25-14-20(7-8-21(18)25)33-24-11-9-22-17(4-10-23(28)27(22)24)12-16-2-5-19(29)6-3-16/h2-8,10,14,18,24,29H,9,11-13,15H2,1H3/t18-,24-/m1/s1. The van der Waals surface area contributed by atoms with E-state index < -0.39 is 0 Å². The van der Waals surface area contributed by atoms with E-state index in [1.165, 1.54) is 13.2 Å². The van der Waals surface area contributed by atoms with Gasteiger partial charge in [0.25, 0.3) is 0 Å². The molecule has 3 aromatic carbocycles. The van der Waals surface area contributed by atoms with Gasteiger partial charge in [0.15, 0.2) is 0 Å². The van der Waals surface area contributed by atoms with Crippen LogP contribution in [0.2, 0.25) is 0 Å². The second-order valence-electron chi connectivity index (χ2n) is 8.57. The molecular weight excluding hydrogens is 423 g/mol. The van der Waals surface area contributed by atoms with E-state index in [0.29, 0.717) is 36.5 Å². The van der Waals surface area contributed by atoms with E-state index in [9.17, 15) is 14.3 Å². The highest BCUT2D eigenvalue weighted by atomic mass is 19.1. The summed E-state index contributed by atoms with van der Waals surface area (Å²) in [7, 11) is 1.38. The monoisotopic (exact) mass is 448 g/mol. The van der Waals surface area contributed by atoms with Gasteiger partial charge in [0.1, 0.15) is 29.2 Å². The van der Waals surface area contributed by atoms with Gasteiger partial charge in [-0.2, -0.15) is 0 Å². The number of ether oxygens (including phenoxy) is 3. The third-order valence-electron chi connectivity index (χ3n) is 6.49. The Morgan fingerprint density at radius 3 is 2.76 bits per heavy atom. The number of esters is 1. The zero-order chi connectivity index (χ0) is 22.9. The molecule has 0 unspecified atom stereocenters. The molecule has 0 saturated carbocycles. The molecule has 0 radical (unpaired) electrons. The molecule has 1 aliphatic heterocycles. The van der Waals surface area contributed by atoms with Gasteiger partial charge in [0, 0.05) is 23.1 Å². The zero-order valence-corrected chi connectivity index (χ0v) is 18.3. The van der Waals surface area contributed by atoms with Crippen molar-refractivity contribution in [3.63, 3.8) is 0 Å². The van der Waals surface area contributed by atoms with Crippen molar-refractivity contribution in [3.8, 4) is 17.2 Å². The van der Waals surface area contributed by atoms with E-state index >= 15 is 0 Å². The van der Waals surface area contributed by atoms with Crippen LogP contribution in [0.15, 0.2) is 54.6 Å². The Kier molecular flexibility index (Phi) is 5.67. The van der Waals surface area contributed by atoms with Crippen LogP contribution in [0.25, 0.3) is 0 Å². The molecular formula is C27H25FO5. The fourth-order valence-corrected chi connectivity index (χ4v) is 4.81. The van der Waals surface area contributed by atoms with Gasteiger partial charge in [0.2, 0.25) is 0 Å². The molecule has 170 valence electrons. The average molecular weight is 448 g/mol. The molecule has 1 heterocycles. The van der Waals surface area contributed by atoms with Crippen molar-refractivity contribution in [3.05, 3.63) is 88.2 Å². The summed E-state index contributed by atoms with van der Waals surface area (Å²) in [6.07, 6.45) is 2.01. The quantitative estimate of drug-likeness (QED) is 0.524. The van der Waals surface area contributed by atoms with Crippen LogP contribution >= 0.6 is 0 Å². The molecule has 6 heteroatoms. The third kappa shape index (κ3) is 4.25. The molecule has 1 aliphatic carbocycles. The highest BCUT2D eigenvalue weighted by molar-refractivity contribution is 5.71. The summed E-state index contributed by atoms with van der Waals surface area (Å²) >= 11 is 0. The lowest BCUT2D eigenvalue weighted by Crippen LogP contribution is -2.09. The largest absolute Gasteiger partial charge is 0.508 e. The van der Waals surface area contributed by atoms with E-state index in [0.717, 1.165) is 28.7 Å². The zero-order valence-electron chi connectivity index (χ0n) is 18.3. The molecule has 0 bridgehead atoms. The molecule has 0 aromatic heterocycles. The molecule has 5 nitrogen and oxygen atoms in total. The summed E-state index contributed by atoms with van der Waals surface area (Å²) in [4.78, 5) is 11.6. The van der Waals surface area contributed by atoms with Gasteiger partial charge in [-0.25, -0.2) is 4.39 Å². The molecule has 0 spiro atoms. The SMILES string of the molecule is COC(=O)C[C@@H]1COc2cc(O[C@@H]3CCc4c(Cc5ccc(O)cc5)ccc(F)c43)ccc21. The highest BCUT2D eigenvalue weighted by Gasteiger charge is 2.31. The lowest BCUT2D eigenvalue weighted by molar-refractivity contribution is -0.141. The van der Waals surface area contributed by atoms with E-state index in [2.05, 4.69) is 0 Å². The van der Waals surface area contributed by atoms with Crippen molar-refractivity contribution in [2.75, 3.05) is 13.7 Å². The molecule has 1 N–H and O–H groups in total. The van der Waals surface area contributed by atoms with Crippen molar-refractivity contribution in [2.45, 2.75) is 37.7 Å². The Balaban J connectivity index is 1.35. The summed E-state index contributed by atoms with van der Waals surface area (Å²) in [6, 6.07) is 16.0. The number of hydrogen-bond donors (Lipinski definition) is 1. The fraction of sp³-hybridized carbons (Fsp3) is 0.296. The number of halogens is 1. The van der Waals surface area contributed by atoms with Crippen LogP contribution in [0.4, 0.5) is 4.39 Å². The van der Waals surface area contributed by atoms with Gasteiger partial charge in [-0.15, -0.1) is 0 Å². The van der Waals surface area contributed by atoms with Gasteiger partial charge in [-0.1, -0.05) is 24.3 Å². The summed E-state index contributed by atoms with van der Waals surface area (Å²) in [5.41, 5.74) is 4.72. The van der Waals surface area contributed by atoms with Crippen LogP contribution in [-0.2, 0) is 22.4 Å². The number of methoxy groups -OCH3 is 1. The van der Waals surface area contributed by atoms with Gasteiger partial charge in [0.05, 0.1) is 20.1 Å². The molecule has 33 heavy (non-hydrogen) atoms. The number of phenols is 1. The van der Waals surface area contributed by atoms with Crippen LogP contribution in [-0.4, -0.2) is 24.8 Å². The van der Waals surface area contributed by atoms with E-state index in [1.807, 2.05) is 36.4 Å². The molecule has 0 fully saturated rings. The van der Waals surface area contributed by atoms with Crippen LogP contribution in [0, 0.1) is 5.82 Å².